The van der Waals surface area contributed by atoms with Crippen LogP contribution in [0.3, 0.4) is 0 Å². The van der Waals surface area contributed by atoms with Gasteiger partial charge in [-0.2, -0.15) is 0 Å². The highest BCUT2D eigenvalue weighted by Crippen LogP contribution is 2.42. The van der Waals surface area contributed by atoms with Crippen molar-refractivity contribution in [2.24, 2.45) is 0 Å². The molecule has 2 N–H and O–H groups in total. The molecule has 0 fully saturated rings. The van der Waals surface area contributed by atoms with Crippen molar-refractivity contribution in [1.82, 2.24) is 4.98 Å². The van der Waals surface area contributed by atoms with Crippen LogP contribution in [-0.4, -0.2) is 17.2 Å². The maximum absolute atomic E-state index is 13.1. The molecule has 142 valence electrons. The van der Waals surface area contributed by atoms with Gasteiger partial charge in [-0.3, -0.25) is 9.78 Å². The molecule has 2 heterocycles. The van der Waals surface area contributed by atoms with Gasteiger partial charge >= 0.3 is 6.29 Å². The first-order valence-corrected chi connectivity index (χ1v) is 8.43. The highest BCUT2D eigenvalue weighted by atomic mass is 19.3. The predicted octanol–water partition coefficient (Wildman–Crippen LogP) is 4.27. The fourth-order valence-electron chi connectivity index (χ4n) is 2.76. The molecular weight excluding hydrogens is 368 g/mol. The van der Waals surface area contributed by atoms with Gasteiger partial charge in [-0.05, 0) is 42.0 Å². The summed E-state index contributed by atoms with van der Waals surface area (Å²) in [6.45, 7) is 0.520. The smallest absolute Gasteiger partial charge is 0.395 e. The number of pyridine rings is 1. The fourth-order valence-corrected chi connectivity index (χ4v) is 2.76. The first-order chi connectivity index (χ1) is 13.5. The SMILES string of the molecule is O=C(Nc1ccc2c(c1)OC(F)(F)O2)c1ccccc1NCc1ccncc1. The van der Waals surface area contributed by atoms with Gasteiger partial charge in [0.2, 0.25) is 0 Å². The van der Waals surface area contributed by atoms with Crippen LogP contribution in [0.2, 0.25) is 0 Å². The summed E-state index contributed by atoms with van der Waals surface area (Å²) in [6, 6.07) is 14.8. The molecule has 0 bridgehead atoms. The lowest BCUT2D eigenvalue weighted by molar-refractivity contribution is -0.286. The van der Waals surface area contributed by atoms with Crippen LogP contribution in [-0.2, 0) is 6.54 Å². The van der Waals surface area contributed by atoms with Crippen molar-refractivity contribution in [2.45, 2.75) is 12.8 Å². The van der Waals surface area contributed by atoms with E-state index >= 15 is 0 Å². The molecule has 8 heteroatoms. The first-order valence-electron chi connectivity index (χ1n) is 8.43. The van der Waals surface area contributed by atoms with Crippen LogP contribution in [0.25, 0.3) is 0 Å². The Morgan fingerprint density at radius 2 is 1.75 bits per heavy atom. The van der Waals surface area contributed by atoms with Gasteiger partial charge in [0.05, 0.1) is 5.56 Å². The minimum Gasteiger partial charge on any atom is -0.395 e. The first kappa shape index (κ1) is 17.7. The Morgan fingerprint density at radius 1 is 1.00 bits per heavy atom. The highest BCUT2D eigenvalue weighted by Gasteiger charge is 2.43. The van der Waals surface area contributed by atoms with Crippen LogP contribution in [0.4, 0.5) is 20.2 Å². The number of hydrogen-bond acceptors (Lipinski definition) is 5. The third kappa shape index (κ3) is 3.85. The molecular formula is C20H15F2N3O3. The van der Waals surface area contributed by atoms with Gasteiger partial charge in [0.25, 0.3) is 5.91 Å². The van der Waals surface area contributed by atoms with Crippen molar-refractivity contribution >= 4 is 17.3 Å². The van der Waals surface area contributed by atoms with Crippen LogP contribution in [0, 0.1) is 0 Å². The number of para-hydroxylation sites is 1. The quantitative estimate of drug-likeness (QED) is 0.689. The standard InChI is InChI=1S/C20H15F2N3O3/c21-20(22)27-17-6-5-14(11-18(17)28-20)25-19(26)15-3-1-2-4-16(15)24-12-13-7-9-23-10-8-13/h1-11,24H,12H2,(H,25,26). The van der Waals surface area contributed by atoms with Gasteiger partial charge in [-0.1, -0.05) is 12.1 Å². The maximum Gasteiger partial charge on any atom is 0.586 e. The monoisotopic (exact) mass is 383 g/mol. The number of anilines is 2. The Labute approximate surface area is 159 Å². The van der Waals surface area contributed by atoms with E-state index in [9.17, 15) is 13.6 Å². The molecule has 0 unspecified atom stereocenters. The Bertz CT molecular complexity index is 1010. The zero-order valence-corrected chi connectivity index (χ0v) is 14.5. The molecule has 0 radical (unpaired) electrons. The molecule has 0 aliphatic carbocycles. The van der Waals surface area contributed by atoms with Crippen molar-refractivity contribution in [3.63, 3.8) is 0 Å². The van der Waals surface area contributed by atoms with Crippen LogP contribution < -0.4 is 20.1 Å². The average molecular weight is 383 g/mol. The summed E-state index contributed by atoms with van der Waals surface area (Å²) in [5.74, 6) is -0.599. The molecule has 3 aromatic rings. The molecule has 1 aromatic heterocycles. The van der Waals surface area contributed by atoms with Crippen molar-refractivity contribution in [3.8, 4) is 11.5 Å². The topological polar surface area (TPSA) is 72.5 Å². The number of fused-ring (bicyclic) bond motifs is 1. The lowest BCUT2D eigenvalue weighted by Crippen LogP contribution is -2.25. The number of benzene rings is 2. The number of amides is 1. The number of nitrogens with zero attached hydrogens (tertiary/aromatic N) is 1. The second-order valence-corrected chi connectivity index (χ2v) is 6.04. The van der Waals surface area contributed by atoms with E-state index < -0.39 is 6.29 Å². The number of carbonyl (C=O) groups excluding carboxylic acids is 1. The Morgan fingerprint density at radius 3 is 2.57 bits per heavy atom. The molecule has 0 atom stereocenters. The van der Waals surface area contributed by atoms with Crippen molar-refractivity contribution < 1.29 is 23.0 Å². The average Bonchev–Trinajstić information content (AvgIpc) is 3.00. The van der Waals surface area contributed by atoms with E-state index in [1.54, 1.807) is 30.6 Å². The summed E-state index contributed by atoms with van der Waals surface area (Å²) in [4.78, 5) is 16.7. The molecule has 0 spiro atoms. The van der Waals surface area contributed by atoms with Crippen molar-refractivity contribution in [3.05, 3.63) is 78.1 Å². The fraction of sp³-hybridized carbons (Fsp3) is 0.100. The Kier molecular flexibility index (Phi) is 4.52. The number of ether oxygens (including phenoxy) is 2. The molecule has 1 aliphatic heterocycles. The number of carbonyl (C=O) groups is 1. The summed E-state index contributed by atoms with van der Waals surface area (Å²) in [7, 11) is 0. The third-order valence-electron chi connectivity index (χ3n) is 4.06. The Hall–Kier alpha value is -3.68. The molecule has 0 saturated heterocycles. The predicted molar refractivity (Wildman–Crippen MR) is 98.6 cm³/mol. The molecule has 1 aliphatic rings. The largest absolute Gasteiger partial charge is 0.586 e. The number of aromatic nitrogens is 1. The number of nitrogens with one attached hydrogen (secondary N) is 2. The van der Waals surface area contributed by atoms with E-state index in [1.807, 2.05) is 18.2 Å². The van der Waals surface area contributed by atoms with Crippen molar-refractivity contribution in [2.75, 3.05) is 10.6 Å². The van der Waals surface area contributed by atoms with E-state index in [0.717, 1.165) is 5.56 Å². The number of halogens is 2. The van der Waals surface area contributed by atoms with E-state index in [1.165, 1.54) is 18.2 Å². The van der Waals surface area contributed by atoms with Gasteiger partial charge in [0.1, 0.15) is 0 Å². The zero-order chi connectivity index (χ0) is 19.6. The van der Waals surface area contributed by atoms with Crippen molar-refractivity contribution in [1.29, 1.82) is 0 Å². The van der Waals surface area contributed by atoms with E-state index in [-0.39, 0.29) is 17.4 Å². The third-order valence-corrected chi connectivity index (χ3v) is 4.06. The van der Waals surface area contributed by atoms with Gasteiger partial charge in [-0.25, -0.2) is 0 Å². The summed E-state index contributed by atoms with van der Waals surface area (Å²) < 4.78 is 35.0. The zero-order valence-electron chi connectivity index (χ0n) is 14.5. The molecule has 4 rings (SSSR count). The van der Waals surface area contributed by atoms with E-state index in [2.05, 4.69) is 25.1 Å². The van der Waals surface area contributed by atoms with Crippen LogP contribution in [0.15, 0.2) is 67.0 Å². The summed E-state index contributed by atoms with van der Waals surface area (Å²) in [5, 5.41) is 5.90. The minimum absolute atomic E-state index is 0.0811. The molecule has 1 amide bonds. The molecule has 28 heavy (non-hydrogen) atoms. The summed E-state index contributed by atoms with van der Waals surface area (Å²) in [5.41, 5.74) is 2.39. The Balaban J connectivity index is 1.49. The molecule has 2 aromatic carbocycles. The molecule has 0 saturated carbocycles. The molecule has 6 nitrogen and oxygen atoms in total. The lowest BCUT2D eigenvalue weighted by Gasteiger charge is -2.12. The minimum atomic E-state index is -3.70. The van der Waals surface area contributed by atoms with Gasteiger partial charge in [0.15, 0.2) is 11.5 Å². The van der Waals surface area contributed by atoms with E-state index in [4.69, 9.17) is 0 Å². The second kappa shape index (κ2) is 7.15. The maximum atomic E-state index is 13.1. The van der Waals surface area contributed by atoms with E-state index in [0.29, 0.717) is 23.5 Å². The van der Waals surface area contributed by atoms with Crippen LogP contribution >= 0.6 is 0 Å². The number of hydrogen-bond donors (Lipinski definition) is 2. The van der Waals surface area contributed by atoms with Gasteiger partial charge < -0.3 is 20.1 Å². The number of alkyl halides is 2. The van der Waals surface area contributed by atoms with Crippen LogP contribution in [0.1, 0.15) is 15.9 Å². The highest BCUT2D eigenvalue weighted by molar-refractivity contribution is 6.08. The van der Waals surface area contributed by atoms with Crippen LogP contribution in [0.5, 0.6) is 11.5 Å². The van der Waals surface area contributed by atoms with Gasteiger partial charge in [-0.15, -0.1) is 8.78 Å². The second-order valence-electron chi connectivity index (χ2n) is 6.04. The number of rotatable bonds is 5. The normalized spacial score (nSPS) is 13.8. The van der Waals surface area contributed by atoms with Gasteiger partial charge in [0, 0.05) is 36.4 Å². The lowest BCUT2D eigenvalue weighted by atomic mass is 10.1. The summed E-state index contributed by atoms with van der Waals surface area (Å²) in [6.07, 6.45) is -0.313. The summed E-state index contributed by atoms with van der Waals surface area (Å²) >= 11 is 0.